The second-order valence-corrected chi connectivity index (χ2v) is 4.53. The van der Waals surface area contributed by atoms with Gasteiger partial charge in [0.1, 0.15) is 0 Å². The van der Waals surface area contributed by atoms with Gasteiger partial charge in [-0.15, -0.1) is 0 Å². The molecule has 0 bridgehead atoms. The standard InChI is InChI=1S/C13H9ClF3N3O/c14-11-10(18)7(12(19)21)5-9(20-11)6-3-1-2-4-8(6)13(15,16)17/h1-5H,18H2,(H2,19,21). The Hall–Kier alpha value is -2.28. The molecule has 4 N–H and O–H groups in total. The van der Waals surface area contributed by atoms with Crippen LogP contribution in [0.4, 0.5) is 18.9 Å². The molecule has 21 heavy (non-hydrogen) atoms. The molecule has 4 nitrogen and oxygen atoms in total. The molecule has 8 heteroatoms. The number of hydrogen-bond donors (Lipinski definition) is 2. The van der Waals surface area contributed by atoms with Gasteiger partial charge in [-0.3, -0.25) is 4.79 Å². The number of carbonyl (C=O) groups excluding carboxylic acids is 1. The van der Waals surface area contributed by atoms with Crippen LogP contribution in [0.2, 0.25) is 5.15 Å². The number of nitrogen functional groups attached to an aromatic ring is 1. The monoisotopic (exact) mass is 315 g/mol. The van der Waals surface area contributed by atoms with Crippen molar-refractivity contribution in [3.8, 4) is 11.3 Å². The number of carbonyl (C=O) groups is 1. The zero-order valence-electron chi connectivity index (χ0n) is 10.4. The predicted octanol–water partition coefficient (Wildman–Crippen LogP) is 3.10. The molecule has 0 aliphatic rings. The Labute approximate surface area is 122 Å². The van der Waals surface area contributed by atoms with Crippen molar-refractivity contribution in [3.05, 3.63) is 46.6 Å². The van der Waals surface area contributed by atoms with Crippen LogP contribution < -0.4 is 11.5 Å². The summed E-state index contributed by atoms with van der Waals surface area (Å²) in [7, 11) is 0. The summed E-state index contributed by atoms with van der Waals surface area (Å²) in [5, 5.41) is -0.279. The molecular weight excluding hydrogens is 307 g/mol. The Morgan fingerprint density at radius 2 is 1.86 bits per heavy atom. The fourth-order valence-corrected chi connectivity index (χ4v) is 2.01. The summed E-state index contributed by atoms with van der Waals surface area (Å²) in [4.78, 5) is 15.1. The second-order valence-electron chi connectivity index (χ2n) is 4.17. The third-order valence-electron chi connectivity index (χ3n) is 2.79. The van der Waals surface area contributed by atoms with Crippen LogP contribution in [0, 0.1) is 0 Å². The van der Waals surface area contributed by atoms with E-state index in [4.69, 9.17) is 23.1 Å². The third kappa shape index (κ3) is 2.92. The molecular formula is C13H9ClF3N3O. The molecule has 2 aromatic rings. The molecule has 0 aliphatic carbocycles. The first-order valence-corrected chi connectivity index (χ1v) is 6.02. The fraction of sp³-hybridized carbons (Fsp3) is 0.0769. The topological polar surface area (TPSA) is 82.0 Å². The fourth-order valence-electron chi connectivity index (χ4n) is 1.82. The van der Waals surface area contributed by atoms with Crippen LogP contribution in [0.15, 0.2) is 30.3 Å². The Morgan fingerprint density at radius 1 is 1.24 bits per heavy atom. The Balaban J connectivity index is 2.72. The number of pyridine rings is 1. The molecule has 0 spiro atoms. The van der Waals surface area contributed by atoms with Gasteiger partial charge in [0.2, 0.25) is 0 Å². The van der Waals surface area contributed by atoms with Crippen LogP contribution in [0.1, 0.15) is 15.9 Å². The number of rotatable bonds is 2. The summed E-state index contributed by atoms with van der Waals surface area (Å²) >= 11 is 5.75. The SMILES string of the molecule is NC(=O)c1cc(-c2ccccc2C(F)(F)F)nc(Cl)c1N. The third-order valence-corrected chi connectivity index (χ3v) is 3.07. The molecule has 1 heterocycles. The van der Waals surface area contributed by atoms with E-state index in [-0.39, 0.29) is 27.7 Å². The van der Waals surface area contributed by atoms with E-state index in [2.05, 4.69) is 4.98 Å². The molecule has 1 aromatic carbocycles. The van der Waals surface area contributed by atoms with Crippen LogP contribution in [-0.2, 0) is 6.18 Å². The second kappa shape index (κ2) is 5.25. The van der Waals surface area contributed by atoms with E-state index in [1.165, 1.54) is 18.2 Å². The summed E-state index contributed by atoms with van der Waals surface area (Å²) in [6, 6.07) is 5.89. The highest BCUT2D eigenvalue weighted by molar-refractivity contribution is 6.32. The van der Waals surface area contributed by atoms with Gasteiger partial charge in [0, 0.05) is 5.56 Å². The zero-order chi connectivity index (χ0) is 15.8. The first kappa shape index (κ1) is 15.1. The smallest absolute Gasteiger partial charge is 0.396 e. The van der Waals surface area contributed by atoms with Crippen molar-refractivity contribution in [2.75, 3.05) is 5.73 Å². The van der Waals surface area contributed by atoms with E-state index >= 15 is 0 Å². The minimum absolute atomic E-state index is 0.129. The number of amides is 1. The summed E-state index contributed by atoms with van der Waals surface area (Å²) in [6.07, 6.45) is -4.57. The van der Waals surface area contributed by atoms with Crippen molar-refractivity contribution < 1.29 is 18.0 Å². The molecule has 110 valence electrons. The summed E-state index contributed by atoms with van der Waals surface area (Å²) in [6.45, 7) is 0. The van der Waals surface area contributed by atoms with Crippen molar-refractivity contribution in [3.63, 3.8) is 0 Å². The zero-order valence-corrected chi connectivity index (χ0v) is 11.2. The maximum atomic E-state index is 13.0. The largest absolute Gasteiger partial charge is 0.417 e. The molecule has 0 unspecified atom stereocenters. The summed E-state index contributed by atoms with van der Waals surface area (Å²) in [5.74, 6) is -0.900. The number of benzene rings is 1. The number of hydrogen-bond acceptors (Lipinski definition) is 3. The first-order valence-electron chi connectivity index (χ1n) is 5.64. The maximum Gasteiger partial charge on any atom is 0.417 e. The number of aromatic nitrogens is 1. The van der Waals surface area contributed by atoms with Crippen molar-refractivity contribution in [1.82, 2.24) is 4.98 Å². The van der Waals surface area contributed by atoms with Gasteiger partial charge in [0.15, 0.2) is 5.15 Å². The van der Waals surface area contributed by atoms with Gasteiger partial charge in [-0.25, -0.2) is 4.98 Å². The van der Waals surface area contributed by atoms with Crippen LogP contribution in [0.5, 0.6) is 0 Å². The minimum atomic E-state index is -4.57. The van der Waals surface area contributed by atoms with Gasteiger partial charge in [-0.05, 0) is 12.1 Å². The number of nitrogens with zero attached hydrogens (tertiary/aromatic N) is 1. The van der Waals surface area contributed by atoms with Crippen molar-refractivity contribution in [2.45, 2.75) is 6.18 Å². The van der Waals surface area contributed by atoms with E-state index < -0.39 is 17.6 Å². The molecule has 0 saturated heterocycles. The highest BCUT2D eigenvalue weighted by Gasteiger charge is 2.34. The van der Waals surface area contributed by atoms with Gasteiger partial charge in [-0.2, -0.15) is 13.2 Å². The Bertz CT molecular complexity index is 716. The highest BCUT2D eigenvalue weighted by Crippen LogP contribution is 2.37. The van der Waals surface area contributed by atoms with Crippen molar-refractivity contribution >= 4 is 23.2 Å². The number of primary amides is 1. The quantitative estimate of drug-likeness (QED) is 0.835. The molecule has 0 radical (unpaired) electrons. The molecule has 1 aromatic heterocycles. The lowest BCUT2D eigenvalue weighted by Crippen LogP contribution is -2.15. The number of halogens is 4. The normalized spacial score (nSPS) is 11.4. The van der Waals surface area contributed by atoms with Gasteiger partial charge in [0.05, 0.1) is 22.5 Å². The molecule has 0 aliphatic heterocycles. The lowest BCUT2D eigenvalue weighted by molar-refractivity contribution is -0.137. The average Bonchev–Trinajstić information content (AvgIpc) is 2.40. The van der Waals surface area contributed by atoms with Gasteiger partial charge in [-0.1, -0.05) is 29.8 Å². The van der Waals surface area contributed by atoms with E-state index in [9.17, 15) is 18.0 Å². The lowest BCUT2D eigenvalue weighted by atomic mass is 10.0. The molecule has 0 fully saturated rings. The van der Waals surface area contributed by atoms with Crippen molar-refractivity contribution in [2.24, 2.45) is 5.73 Å². The van der Waals surface area contributed by atoms with Gasteiger partial charge in [0.25, 0.3) is 5.91 Å². The summed E-state index contributed by atoms with van der Waals surface area (Å²) in [5.41, 5.74) is 9.08. The number of nitrogens with two attached hydrogens (primary N) is 2. The highest BCUT2D eigenvalue weighted by atomic mass is 35.5. The van der Waals surface area contributed by atoms with Crippen LogP contribution in [0.25, 0.3) is 11.3 Å². The predicted molar refractivity (Wildman–Crippen MR) is 72.6 cm³/mol. The number of alkyl halides is 3. The van der Waals surface area contributed by atoms with E-state index in [0.717, 1.165) is 12.1 Å². The minimum Gasteiger partial charge on any atom is -0.396 e. The Kier molecular flexibility index (Phi) is 3.78. The molecule has 1 amide bonds. The van der Waals surface area contributed by atoms with Crippen molar-refractivity contribution in [1.29, 1.82) is 0 Å². The van der Waals surface area contributed by atoms with Crippen LogP contribution in [-0.4, -0.2) is 10.9 Å². The lowest BCUT2D eigenvalue weighted by Gasteiger charge is -2.13. The van der Waals surface area contributed by atoms with Crippen LogP contribution in [0.3, 0.4) is 0 Å². The van der Waals surface area contributed by atoms with E-state index in [1.807, 2.05) is 0 Å². The van der Waals surface area contributed by atoms with Gasteiger partial charge < -0.3 is 11.5 Å². The average molecular weight is 316 g/mol. The molecule has 0 saturated carbocycles. The van der Waals surface area contributed by atoms with Crippen LogP contribution >= 0.6 is 11.6 Å². The maximum absolute atomic E-state index is 13.0. The summed E-state index contributed by atoms with van der Waals surface area (Å²) < 4.78 is 39.0. The van der Waals surface area contributed by atoms with E-state index in [0.29, 0.717) is 0 Å². The van der Waals surface area contributed by atoms with E-state index in [1.54, 1.807) is 0 Å². The molecule has 2 rings (SSSR count). The molecule has 0 atom stereocenters. The first-order chi connectivity index (χ1) is 9.71. The number of anilines is 1. The van der Waals surface area contributed by atoms with Gasteiger partial charge >= 0.3 is 6.18 Å². The Morgan fingerprint density at radius 3 is 2.43 bits per heavy atom.